The van der Waals surface area contributed by atoms with Gasteiger partial charge >= 0.3 is 5.97 Å². The molecule has 0 amide bonds. The second kappa shape index (κ2) is 5.19. The molecule has 0 heterocycles. The molecule has 0 aromatic carbocycles. The summed E-state index contributed by atoms with van der Waals surface area (Å²) in [5.41, 5.74) is 0. The van der Waals surface area contributed by atoms with Crippen molar-refractivity contribution >= 4 is 5.97 Å². The van der Waals surface area contributed by atoms with Crippen molar-refractivity contribution < 1.29 is 15.0 Å². The number of carboxylic acids is 1. The van der Waals surface area contributed by atoms with Crippen LogP contribution in [0.4, 0.5) is 0 Å². The monoisotopic (exact) mass is 187 g/mol. The number of carboxylic acid groups (broad SMARTS) is 1. The molecule has 0 saturated heterocycles. The Kier molecular flexibility index (Phi) is 4.18. The highest BCUT2D eigenvalue weighted by atomic mass is 16.4. The maximum absolute atomic E-state index is 10.5. The van der Waals surface area contributed by atoms with E-state index in [0.717, 1.165) is 12.8 Å². The van der Waals surface area contributed by atoms with Gasteiger partial charge in [0.2, 0.25) is 0 Å². The zero-order valence-electron chi connectivity index (χ0n) is 7.78. The zero-order chi connectivity index (χ0) is 9.68. The third kappa shape index (κ3) is 3.32. The summed E-state index contributed by atoms with van der Waals surface area (Å²) < 4.78 is 0. The smallest absolute Gasteiger partial charge is 0.317 e. The van der Waals surface area contributed by atoms with Gasteiger partial charge in [-0.05, 0) is 19.3 Å². The molecule has 0 spiro atoms. The summed E-state index contributed by atoms with van der Waals surface area (Å²) in [5, 5.41) is 17.3. The van der Waals surface area contributed by atoms with Gasteiger partial charge in [-0.15, -0.1) is 0 Å². The van der Waals surface area contributed by atoms with Gasteiger partial charge in [-0.25, -0.2) is 0 Å². The standard InChI is InChI=1S/C9H17NO3/c11-6-2-5-10(7-9(12)13)8-3-1-4-8/h8,11H,1-7H2,(H,12,13). The Morgan fingerprint density at radius 2 is 2.15 bits per heavy atom. The maximum Gasteiger partial charge on any atom is 0.317 e. The van der Waals surface area contributed by atoms with Gasteiger partial charge in [-0.1, -0.05) is 6.42 Å². The predicted molar refractivity (Wildman–Crippen MR) is 48.6 cm³/mol. The van der Waals surface area contributed by atoms with Gasteiger partial charge in [-0.3, -0.25) is 9.69 Å². The first-order valence-electron chi connectivity index (χ1n) is 4.80. The topological polar surface area (TPSA) is 60.8 Å². The quantitative estimate of drug-likeness (QED) is 0.628. The molecule has 0 bridgehead atoms. The number of carbonyl (C=O) groups is 1. The molecule has 0 aromatic rings. The molecule has 4 nitrogen and oxygen atoms in total. The average molecular weight is 187 g/mol. The molecule has 0 aromatic heterocycles. The first kappa shape index (κ1) is 10.5. The molecule has 0 unspecified atom stereocenters. The van der Waals surface area contributed by atoms with E-state index in [1.165, 1.54) is 6.42 Å². The van der Waals surface area contributed by atoms with Crippen molar-refractivity contribution in [2.24, 2.45) is 0 Å². The SMILES string of the molecule is O=C(O)CN(CCCO)C1CCC1. The Hall–Kier alpha value is -0.610. The number of rotatable bonds is 6. The molecule has 0 radical (unpaired) electrons. The highest BCUT2D eigenvalue weighted by Crippen LogP contribution is 2.24. The van der Waals surface area contributed by atoms with Crippen molar-refractivity contribution in [3.63, 3.8) is 0 Å². The number of aliphatic hydroxyl groups excluding tert-OH is 1. The predicted octanol–water partition coefficient (Wildman–Crippen LogP) is 0.308. The summed E-state index contributed by atoms with van der Waals surface area (Å²) >= 11 is 0. The van der Waals surface area contributed by atoms with E-state index in [9.17, 15) is 4.79 Å². The molecule has 1 aliphatic rings. The first-order valence-corrected chi connectivity index (χ1v) is 4.80. The van der Waals surface area contributed by atoms with Crippen molar-refractivity contribution in [2.75, 3.05) is 19.7 Å². The van der Waals surface area contributed by atoms with E-state index in [1.54, 1.807) is 0 Å². The summed E-state index contributed by atoms with van der Waals surface area (Å²) in [6.45, 7) is 0.959. The van der Waals surface area contributed by atoms with Gasteiger partial charge < -0.3 is 10.2 Å². The number of hydrogen-bond donors (Lipinski definition) is 2. The molecule has 1 aliphatic carbocycles. The van der Waals surface area contributed by atoms with E-state index in [0.29, 0.717) is 19.0 Å². The van der Waals surface area contributed by atoms with Gasteiger partial charge in [0, 0.05) is 19.2 Å². The Bertz CT molecular complexity index is 168. The average Bonchev–Trinajstić information content (AvgIpc) is 1.95. The highest BCUT2D eigenvalue weighted by Gasteiger charge is 2.25. The van der Waals surface area contributed by atoms with Crippen LogP contribution in [-0.4, -0.2) is 46.8 Å². The summed E-state index contributed by atoms with van der Waals surface area (Å²) in [6.07, 6.45) is 4.10. The van der Waals surface area contributed by atoms with Crippen LogP contribution in [0.25, 0.3) is 0 Å². The van der Waals surface area contributed by atoms with Crippen molar-refractivity contribution in [1.29, 1.82) is 0 Å². The van der Waals surface area contributed by atoms with Crippen LogP contribution in [0, 0.1) is 0 Å². The summed E-state index contributed by atoms with van der Waals surface area (Å²) in [4.78, 5) is 12.5. The van der Waals surface area contributed by atoms with Crippen LogP contribution in [0.15, 0.2) is 0 Å². The van der Waals surface area contributed by atoms with Crippen LogP contribution in [0.1, 0.15) is 25.7 Å². The number of nitrogens with zero attached hydrogens (tertiary/aromatic N) is 1. The van der Waals surface area contributed by atoms with E-state index >= 15 is 0 Å². The molecular weight excluding hydrogens is 170 g/mol. The number of aliphatic hydroxyl groups is 1. The van der Waals surface area contributed by atoms with Crippen LogP contribution in [0.3, 0.4) is 0 Å². The third-order valence-corrected chi connectivity index (χ3v) is 2.53. The zero-order valence-corrected chi connectivity index (χ0v) is 7.78. The minimum atomic E-state index is -0.773. The number of aliphatic carboxylic acids is 1. The molecule has 76 valence electrons. The van der Waals surface area contributed by atoms with Gasteiger partial charge in [0.15, 0.2) is 0 Å². The van der Waals surface area contributed by atoms with E-state index in [-0.39, 0.29) is 13.2 Å². The van der Waals surface area contributed by atoms with E-state index in [2.05, 4.69) is 0 Å². The Labute approximate surface area is 78.2 Å². The Balaban J connectivity index is 2.28. The van der Waals surface area contributed by atoms with Crippen LogP contribution in [0.2, 0.25) is 0 Å². The molecule has 1 saturated carbocycles. The summed E-state index contributed by atoms with van der Waals surface area (Å²) in [7, 11) is 0. The largest absolute Gasteiger partial charge is 0.480 e. The van der Waals surface area contributed by atoms with Crippen molar-refractivity contribution in [3.8, 4) is 0 Å². The fourth-order valence-electron chi connectivity index (χ4n) is 1.59. The van der Waals surface area contributed by atoms with Crippen LogP contribution in [0.5, 0.6) is 0 Å². The van der Waals surface area contributed by atoms with E-state index < -0.39 is 5.97 Å². The fraction of sp³-hybridized carbons (Fsp3) is 0.889. The molecule has 0 atom stereocenters. The third-order valence-electron chi connectivity index (χ3n) is 2.53. The van der Waals surface area contributed by atoms with Gasteiger partial charge in [-0.2, -0.15) is 0 Å². The van der Waals surface area contributed by atoms with Crippen LogP contribution >= 0.6 is 0 Å². The van der Waals surface area contributed by atoms with Gasteiger partial charge in [0.1, 0.15) is 0 Å². The lowest BCUT2D eigenvalue weighted by atomic mass is 9.91. The molecule has 1 fully saturated rings. The molecule has 13 heavy (non-hydrogen) atoms. The lowest BCUT2D eigenvalue weighted by molar-refractivity contribution is -0.139. The molecular formula is C9H17NO3. The van der Waals surface area contributed by atoms with Gasteiger partial charge in [0.25, 0.3) is 0 Å². The molecule has 1 rings (SSSR count). The van der Waals surface area contributed by atoms with Gasteiger partial charge in [0.05, 0.1) is 6.54 Å². The molecule has 4 heteroatoms. The molecule has 0 aliphatic heterocycles. The van der Waals surface area contributed by atoms with Crippen molar-refractivity contribution in [2.45, 2.75) is 31.7 Å². The minimum Gasteiger partial charge on any atom is -0.480 e. The highest BCUT2D eigenvalue weighted by molar-refractivity contribution is 5.69. The number of hydrogen-bond acceptors (Lipinski definition) is 3. The second-order valence-corrected chi connectivity index (χ2v) is 3.53. The lowest BCUT2D eigenvalue weighted by Crippen LogP contribution is -2.43. The second-order valence-electron chi connectivity index (χ2n) is 3.53. The molecule has 2 N–H and O–H groups in total. The first-order chi connectivity index (χ1) is 6.24. The lowest BCUT2D eigenvalue weighted by Gasteiger charge is -2.36. The maximum atomic E-state index is 10.5. The van der Waals surface area contributed by atoms with Crippen molar-refractivity contribution in [3.05, 3.63) is 0 Å². The van der Waals surface area contributed by atoms with E-state index in [4.69, 9.17) is 10.2 Å². The van der Waals surface area contributed by atoms with Crippen LogP contribution < -0.4 is 0 Å². The minimum absolute atomic E-state index is 0.116. The normalized spacial score (nSPS) is 17.4. The Morgan fingerprint density at radius 1 is 1.46 bits per heavy atom. The summed E-state index contributed by atoms with van der Waals surface area (Å²) in [6, 6.07) is 0.447. The fourth-order valence-corrected chi connectivity index (χ4v) is 1.59. The van der Waals surface area contributed by atoms with Crippen molar-refractivity contribution in [1.82, 2.24) is 4.90 Å². The van der Waals surface area contributed by atoms with Crippen LogP contribution in [-0.2, 0) is 4.79 Å². The Morgan fingerprint density at radius 3 is 2.54 bits per heavy atom. The summed E-state index contributed by atoms with van der Waals surface area (Å²) in [5.74, 6) is -0.773. The van der Waals surface area contributed by atoms with E-state index in [1.807, 2.05) is 4.90 Å².